The Hall–Kier alpha value is -1.95. The fourth-order valence-electron chi connectivity index (χ4n) is 2.68. The quantitative estimate of drug-likeness (QED) is 0.767. The first-order valence-corrected chi connectivity index (χ1v) is 8.57. The van der Waals surface area contributed by atoms with Gasteiger partial charge in [-0.25, -0.2) is 0 Å². The second kappa shape index (κ2) is 6.51. The van der Waals surface area contributed by atoms with Crippen molar-refractivity contribution in [3.8, 4) is 0 Å². The molecule has 6 heteroatoms. The maximum absolute atomic E-state index is 12.9. The molecule has 2 aromatic rings. The van der Waals surface area contributed by atoms with E-state index in [0.717, 1.165) is 17.7 Å². The minimum atomic E-state index is -4.38. The Morgan fingerprint density at radius 3 is 2.54 bits per heavy atom. The number of rotatable bonds is 2. The molecule has 1 heterocycles. The van der Waals surface area contributed by atoms with Gasteiger partial charge in [-0.2, -0.15) is 13.2 Å². The molecule has 1 amide bonds. The molecule has 24 heavy (non-hydrogen) atoms. The van der Waals surface area contributed by atoms with Gasteiger partial charge in [-0.15, -0.1) is 11.8 Å². The van der Waals surface area contributed by atoms with E-state index < -0.39 is 11.7 Å². The van der Waals surface area contributed by atoms with Crippen molar-refractivity contribution in [3.63, 3.8) is 0 Å². The fraction of sp³-hybridized carbons (Fsp3) is 0.278. The van der Waals surface area contributed by atoms with Gasteiger partial charge in [0.25, 0.3) is 5.91 Å². The minimum Gasteiger partial charge on any atom is -0.322 e. The van der Waals surface area contributed by atoms with E-state index in [4.69, 9.17) is 0 Å². The van der Waals surface area contributed by atoms with Crippen LogP contribution in [-0.4, -0.2) is 23.1 Å². The second-order valence-corrected chi connectivity index (χ2v) is 6.90. The molecular weight excluding hydrogens is 335 g/mol. The van der Waals surface area contributed by atoms with Gasteiger partial charge in [-0.1, -0.05) is 29.8 Å². The summed E-state index contributed by atoms with van der Waals surface area (Å²) >= 11 is 1.49. The van der Waals surface area contributed by atoms with Crippen molar-refractivity contribution in [3.05, 3.63) is 70.8 Å². The first kappa shape index (κ1) is 16.9. The van der Waals surface area contributed by atoms with E-state index in [2.05, 4.69) is 0 Å². The molecule has 3 rings (SSSR count). The van der Waals surface area contributed by atoms with E-state index in [1.165, 1.54) is 17.8 Å². The van der Waals surface area contributed by atoms with Crippen LogP contribution >= 0.6 is 11.8 Å². The van der Waals surface area contributed by atoms with Gasteiger partial charge < -0.3 is 4.90 Å². The summed E-state index contributed by atoms with van der Waals surface area (Å²) in [4.78, 5) is 14.4. The highest BCUT2D eigenvalue weighted by atomic mass is 32.2. The van der Waals surface area contributed by atoms with Crippen molar-refractivity contribution in [2.75, 3.05) is 12.3 Å². The smallest absolute Gasteiger partial charge is 0.322 e. The highest BCUT2D eigenvalue weighted by Gasteiger charge is 2.34. The molecule has 2 aromatic carbocycles. The van der Waals surface area contributed by atoms with Crippen molar-refractivity contribution in [1.29, 1.82) is 0 Å². The molecule has 1 aliphatic heterocycles. The van der Waals surface area contributed by atoms with Gasteiger partial charge in [0.1, 0.15) is 5.37 Å². The summed E-state index contributed by atoms with van der Waals surface area (Å²) in [5.74, 6) is 0.556. The van der Waals surface area contributed by atoms with Crippen LogP contribution in [0.3, 0.4) is 0 Å². The van der Waals surface area contributed by atoms with Crippen LogP contribution in [0, 0.1) is 6.92 Å². The third-order valence-corrected chi connectivity index (χ3v) is 5.21. The van der Waals surface area contributed by atoms with E-state index in [1.54, 1.807) is 23.1 Å². The van der Waals surface area contributed by atoms with Gasteiger partial charge in [0.2, 0.25) is 0 Å². The topological polar surface area (TPSA) is 20.3 Å². The van der Waals surface area contributed by atoms with Crippen molar-refractivity contribution in [2.45, 2.75) is 18.5 Å². The van der Waals surface area contributed by atoms with Crippen LogP contribution in [0.25, 0.3) is 0 Å². The van der Waals surface area contributed by atoms with Crippen LogP contribution in [0.5, 0.6) is 0 Å². The summed E-state index contributed by atoms with van der Waals surface area (Å²) in [5.41, 5.74) is 1.43. The van der Waals surface area contributed by atoms with Gasteiger partial charge in [0.15, 0.2) is 0 Å². The normalized spacial score (nSPS) is 18.0. The first-order chi connectivity index (χ1) is 11.4. The zero-order valence-electron chi connectivity index (χ0n) is 13.0. The molecule has 1 saturated heterocycles. The van der Waals surface area contributed by atoms with E-state index in [1.807, 2.05) is 19.1 Å². The molecule has 0 N–H and O–H groups in total. The molecular formula is C18H16F3NOS. The predicted molar refractivity (Wildman–Crippen MR) is 88.9 cm³/mol. The van der Waals surface area contributed by atoms with Gasteiger partial charge in [0.05, 0.1) is 5.56 Å². The standard InChI is InChI=1S/C18H16F3NOS/c1-12-5-7-13(8-6-12)16(23)22-9-10-24-17(22)14-3-2-4-15(11-14)18(19,20)21/h2-8,11,17H,9-10H2,1H3. The summed E-state index contributed by atoms with van der Waals surface area (Å²) < 4.78 is 38.8. The third kappa shape index (κ3) is 3.43. The molecule has 0 aromatic heterocycles. The molecule has 0 aliphatic carbocycles. The zero-order chi connectivity index (χ0) is 17.3. The monoisotopic (exact) mass is 351 g/mol. The summed E-state index contributed by atoms with van der Waals surface area (Å²) in [6.45, 7) is 2.46. The Morgan fingerprint density at radius 2 is 1.88 bits per heavy atom. The van der Waals surface area contributed by atoms with Gasteiger partial charge in [-0.3, -0.25) is 4.79 Å². The lowest BCUT2D eigenvalue weighted by molar-refractivity contribution is -0.137. The maximum Gasteiger partial charge on any atom is 0.416 e. The first-order valence-electron chi connectivity index (χ1n) is 7.52. The van der Waals surface area contributed by atoms with Crippen LogP contribution in [0.15, 0.2) is 48.5 Å². The summed E-state index contributed by atoms with van der Waals surface area (Å²) in [6.07, 6.45) is -4.38. The number of thioether (sulfide) groups is 1. The molecule has 126 valence electrons. The van der Waals surface area contributed by atoms with Crippen molar-refractivity contribution in [2.24, 2.45) is 0 Å². The molecule has 1 atom stereocenters. The molecule has 0 radical (unpaired) electrons. The number of benzene rings is 2. The highest BCUT2D eigenvalue weighted by Crippen LogP contribution is 2.40. The maximum atomic E-state index is 12.9. The summed E-state index contributed by atoms with van der Waals surface area (Å²) in [5, 5.41) is -0.388. The van der Waals surface area contributed by atoms with E-state index in [-0.39, 0.29) is 11.3 Å². The van der Waals surface area contributed by atoms with Crippen molar-refractivity contribution < 1.29 is 18.0 Å². The number of carbonyl (C=O) groups is 1. The predicted octanol–water partition coefficient (Wildman–Crippen LogP) is 4.90. The average Bonchev–Trinajstić information content (AvgIpc) is 3.04. The number of halogens is 3. The highest BCUT2D eigenvalue weighted by molar-refractivity contribution is 7.99. The van der Waals surface area contributed by atoms with E-state index in [0.29, 0.717) is 23.4 Å². The number of aryl methyl sites for hydroxylation is 1. The van der Waals surface area contributed by atoms with Crippen LogP contribution in [0.2, 0.25) is 0 Å². The molecule has 2 nitrogen and oxygen atoms in total. The Kier molecular flexibility index (Phi) is 4.58. The molecule has 0 spiro atoms. The number of amides is 1. The van der Waals surface area contributed by atoms with Crippen LogP contribution < -0.4 is 0 Å². The molecule has 1 unspecified atom stereocenters. The van der Waals surface area contributed by atoms with Gasteiger partial charge in [0, 0.05) is 17.9 Å². The molecule has 1 fully saturated rings. The largest absolute Gasteiger partial charge is 0.416 e. The lowest BCUT2D eigenvalue weighted by Crippen LogP contribution is -2.30. The number of hydrogen-bond donors (Lipinski definition) is 0. The lowest BCUT2D eigenvalue weighted by atomic mass is 10.1. The van der Waals surface area contributed by atoms with E-state index in [9.17, 15) is 18.0 Å². The Morgan fingerprint density at radius 1 is 1.17 bits per heavy atom. The van der Waals surface area contributed by atoms with Gasteiger partial charge in [-0.05, 0) is 36.8 Å². The van der Waals surface area contributed by atoms with Crippen molar-refractivity contribution in [1.82, 2.24) is 4.90 Å². The Labute approximate surface area is 142 Å². The average molecular weight is 351 g/mol. The van der Waals surface area contributed by atoms with Crippen LogP contribution in [-0.2, 0) is 6.18 Å². The third-order valence-electron chi connectivity index (χ3n) is 3.95. The fourth-order valence-corrected chi connectivity index (χ4v) is 3.93. The summed E-state index contributed by atoms with van der Waals surface area (Å²) in [6, 6.07) is 12.5. The molecule has 0 bridgehead atoms. The number of alkyl halides is 3. The number of carbonyl (C=O) groups excluding carboxylic acids is 1. The van der Waals surface area contributed by atoms with Crippen LogP contribution in [0.4, 0.5) is 13.2 Å². The second-order valence-electron chi connectivity index (χ2n) is 5.71. The number of hydrogen-bond acceptors (Lipinski definition) is 2. The molecule has 1 aliphatic rings. The molecule has 0 saturated carbocycles. The Balaban J connectivity index is 1.88. The number of nitrogens with zero attached hydrogens (tertiary/aromatic N) is 1. The van der Waals surface area contributed by atoms with Crippen LogP contribution in [0.1, 0.15) is 32.4 Å². The zero-order valence-corrected chi connectivity index (χ0v) is 13.8. The Bertz CT molecular complexity index is 743. The van der Waals surface area contributed by atoms with Crippen molar-refractivity contribution >= 4 is 17.7 Å². The van der Waals surface area contributed by atoms with Gasteiger partial charge >= 0.3 is 6.18 Å². The summed E-state index contributed by atoms with van der Waals surface area (Å²) in [7, 11) is 0. The lowest BCUT2D eigenvalue weighted by Gasteiger charge is -2.25. The minimum absolute atomic E-state index is 0.151. The van der Waals surface area contributed by atoms with E-state index >= 15 is 0 Å². The SMILES string of the molecule is Cc1ccc(C(=O)N2CCSC2c2cccc(C(F)(F)F)c2)cc1.